The van der Waals surface area contributed by atoms with Gasteiger partial charge in [0.2, 0.25) is 0 Å². The number of ether oxygens (including phenoxy) is 1. The predicted octanol–water partition coefficient (Wildman–Crippen LogP) is 2.94. The number of carboxylic acid groups (broad SMARTS) is 2. The molecule has 2 rings (SSSR count). The van der Waals surface area contributed by atoms with Gasteiger partial charge in [-0.15, -0.1) is 11.3 Å². The molecule has 6 heteroatoms. The van der Waals surface area contributed by atoms with Crippen LogP contribution in [0, 0.1) is 0 Å². The first-order valence-electron chi connectivity index (χ1n) is 4.90. The first-order chi connectivity index (χ1) is 8.58. The number of hydrogen-bond acceptors (Lipinski definition) is 4. The van der Waals surface area contributed by atoms with Gasteiger partial charge in [0.05, 0.1) is 5.56 Å². The van der Waals surface area contributed by atoms with E-state index in [0.29, 0.717) is 5.75 Å². The summed E-state index contributed by atoms with van der Waals surface area (Å²) in [4.78, 5) is 21.6. The zero-order valence-electron chi connectivity index (χ0n) is 8.99. The molecule has 92 valence electrons. The maximum absolute atomic E-state index is 10.9. The summed E-state index contributed by atoms with van der Waals surface area (Å²) < 4.78 is 5.38. The topological polar surface area (TPSA) is 83.8 Å². The Bertz CT molecular complexity index is 585. The van der Waals surface area contributed by atoms with Gasteiger partial charge in [-0.1, -0.05) is 0 Å². The summed E-state index contributed by atoms with van der Waals surface area (Å²) in [7, 11) is 0. The fourth-order valence-corrected chi connectivity index (χ4v) is 1.98. The van der Waals surface area contributed by atoms with Crippen molar-refractivity contribution in [1.29, 1.82) is 0 Å². The maximum Gasteiger partial charge on any atom is 0.349 e. The standard InChI is InChI=1S/C12H8O5S/c13-11(14)7-1-3-8(4-2-7)17-9-5-6-18-10(9)12(15)16/h1-6H,(H,13,14)(H,15,16). The van der Waals surface area contributed by atoms with E-state index >= 15 is 0 Å². The highest BCUT2D eigenvalue weighted by Gasteiger charge is 2.13. The lowest BCUT2D eigenvalue weighted by Crippen LogP contribution is -1.97. The van der Waals surface area contributed by atoms with Crippen molar-refractivity contribution in [3.8, 4) is 11.5 Å². The summed E-state index contributed by atoms with van der Waals surface area (Å²) in [5, 5.41) is 19.3. The second kappa shape index (κ2) is 4.89. The molecule has 2 aromatic rings. The third-order valence-corrected chi connectivity index (χ3v) is 3.04. The van der Waals surface area contributed by atoms with Crippen LogP contribution in [-0.4, -0.2) is 22.2 Å². The van der Waals surface area contributed by atoms with Gasteiger partial charge in [0.25, 0.3) is 0 Å². The van der Waals surface area contributed by atoms with Crippen LogP contribution < -0.4 is 4.74 Å². The molecule has 1 aromatic heterocycles. The summed E-state index contributed by atoms with van der Waals surface area (Å²) in [6.45, 7) is 0. The smallest absolute Gasteiger partial charge is 0.349 e. The van der Waals surface area contributed by atoms with Gasteiger partial charge in [-0.25, -0.2) is 9.59 Å². The monoisotopic (exact) mass is 264 g/mol. The van der Waals surface area contributed by atoms with Crippen LogP contribution in [0.3, 0.4) is 0 Å². The van der Waals surface area contributed by atoms with Crippen molar-refractivity contribution in [2.24, 2.45) is 0 Å². The van der Waals surface area contributed by atoms with Crippen molar-refractivity contribution in [3.05, 3.63) is 46.2 Å². The van der Waals surface area contributed by atoms with Crippen molar-refractivity contribution in [2.75, 3.05) is 0 Å². The Morgan fingerprint density at radius 2 is 1.67 bits per heavy atom. The minimum absolute atomic E-state index is 0.109. The van der Waals surface area contributed by atoms with Crippen LogP contribution in [-0.2, 0) is 0 Å². The van der Waals surface area contributed by atoms with E-state index in [0.717, 1.165) is 11.3 Å². The first-order valence-corrected chi connectivity index (χ1v) is 5.78. The van der Waals surface area contributed by atoms with Crippen molar-refractivity contribution in [2.45, 2.75) is 0 Å². The fourth-order valence-electron chi connectivity index (χ4n) is 1.33. The van der Waals surface area contributed by atoms with Gasteiger partial charge in [0.15, 0.2) is 10.6 Å². The Hall–Kier alpha value is -2.34. The molecule has 0 atom stereocenters. The van der Waals surface area contributed by atoms with Crippen LogP contribution >= 0.6 is 11.3 Å². The summed E-state index contributed by atoms with van der Waals surface area (Å²) in [6, 6.07) is 7.30. The molecule has 0 spiro atoms. The highest BCUT2D eigenvalue weighted by atomic mass is 32.1. The number of rotatable bonds is 4. The van der Waals surface area contributed by atoms with Crippen LogP contribution in [0.15, 0.2) is 35.7 Å². The molecule has 0 aliphatic rings. The number of thiophene rings is 1. The van der Waals surface area contributed by atoms with E-state index in [-0.39, 0.29) is 16.2 Å². The normalized spacial score (nSPS) is 10.0. The third-order valence-electron chi connectivity index (χ3n) is 2.15. The fraction of sp³-hybridized carbons (Fsp3) is 0. The van der Waals surface area contributed by atoms with E-state index in [1.54, 1.807) is 11.4 Å². The highest BCUT2D eigenvalue weighted by Crippen LogP contribution is 2.29. The Balaban J connectivity index is 2.21. The van der Waals surface area contributed by atoms with E-state index in [1.807, 2.05) is 0 Å². The van der Waals surface area contributed by atoms with Crippen molar-refractivity contribution in [3.63, 3.8) is 0 Å². The number of carbonyl (C=O) groups is 2. The lowest BCUT2D eigenvalue weighted by molar-refractivity contribution is 0.0687. The second-order valence-corrected chi connectivity index (χ2v) is 4.27. The van der Waals surface area contributed by atoms with Crippen molar-refractivity contribution < 1.29 is 24.5 Å². The molecule has 0 aliphatic carbocycles. The van der Waals surface area contributed by atoms with Gasteiger partial charge in [0.1, 0.15) is 5.75 Å². The van der Waals surface area contributed by atoms with Crippen molar-refractivity contribution in [1.82, 2.24) is 0 Å². The minimum Gasteiger partial charge on any atom is -0.478 e. The average Bonchev–Trinajstić information content (AvgIpc) is 2.78. The summed E-state index contributed by atoms with van der Waals surface area (Å²) in [5.74, 6) is -1.44. The zero-order valence-corrected chi connectivity index (χ0v) is 9.81. The Morgan fingerprint density at radius 3 is 2.22 bits per heavy atom. The summed E-state index contributed by atoms with van der Waals surface area (Å²) in [5.41, 5.74) is 0.145. The Kier molecular flexibility index (Phi) is 3.29. The third kappa shape index (κ3) is 2.49. The number of carboxylic acids is 2. The number of aromatic carboxylic acids is 2. The van der Waals surface area contributed by atoms with Crippen molar-refractivity contribution >= 4 is 23.3 Å². The lowest BCUT2D eigenvalue weighted by Gasteiger charge is -2.04. The molecule has 0 bridgehead atoms. The van der Waals surface area contributed by atoms with Gasteiger partial charge >= 0.3 is 11.9 Å². The summed E-state index contributed by atoms with van der Waals surface area (Å²) >= 11 is 1.07. The molecule has 1 aromatic carbocycles. The average molecular weight is 264 g/mol. The molecular weight excluding hydrogens is 256 g/mol. The van der Waals surface area contributed by atoms with Gasteiger partial charge in [-0.05, 0) is 35.7 Å². The molecule has 2 N–H and O–H groups in total. The van der Waals surface area contributed by atoms with E-state index in [9.17, 15) is 9.59 Å². The van der Waals surface area contributed by atoms with Gasteiger partial charge in [0, 0.05) is 0 Å². The van der Waals surface area contributed by atoms with Gasteiger partial charge in [-0.2, -0.15) is 0 Å². The first kappa shape index (κ1) is 12.1. The molecule has 5 nitrogen and oxygen atoms in total. The molecule has 0 saturated carbocycles. The molecular formula is C12H8O5S. The predicted molar refractivity (Wildman–Crippen MR) is 64.8 cm³/mol. The largest absolute Gasteiger partial charge is 0.478 e. The SMILES string of the molecule is O=C(O)c1ccc(Oc2ccsc2C(=O)O)cc1. The van der Waals surface area contributed by atoms with Crippen LogP contribution in [0.4, 0.5) is 0 Å². The van der Waals surface area contributed by atoms with E-state index in [1.165, 1.54) is 24.3 Å². The van der Waals surface area contributed by atoms with Crippen LogP contribution in [0.5, 0.6) is 11.5 Å². The van der Waals surface area contributed by atoms with Crippen LogP contribution in [0.2, 0.25) is 0 Å². The molecule has 0 amide bonds. The van der Waals surface area contributed by atoms with E-state index in [4.69, 9.17) is 14.9 Å². The van der Waals surface area contributed by atoms with Gasteiger partial charge < -0.3 is 14.9 Å². The number of hydrogen-bond donors (Lipinski definition) is 2. The number of benzene rings is 1. The Morgan fingerprint density at radius 1 is 1.00 bits per heavy atom. The van der Waals surface area contributed by atoms with Crippen LogP contribution in [0.25, 0.3) is 0 Å². The van der Waals surface area contributed by atoms with Crippen LogP contribution in [0.1, 0.15) is 20.0 Å². The lowest BCUT2D eigenvalue weighted by atomic mass is 10.2. The summed E-state index contributed by atoms with van der Waals surface area (Å²) in [6.07, 6.45) is 0. The molecule has 1 heterocycles. The molecule has 18 heavy (non-hydrogen) atoms. The quantitative estimate of drug-likeness (QED) is 0.886. The molecule has 0 unspecified atom stereocenters. The molecule has 0 aliphatic heterocycles. The minimum atomic E-state index is -1.05. The van der Waals surface area contributed by atoms with E-state index < -0.39 is 11.9 Å². The molecule has 0 radical (unpaired) electrons. The Labute approximate surface area is 106 Å². The maximum atomic E-state index is 10.9. The molecule has 0 fully saturated rings. The molecule has 0 saturated heterocycles. The van der Waals surface area contributed by atoms with Gasteiger partial charge in [-0.3, -0.25) is 0 Å². The highest BCUT2D eigenvalue weighted by molar-refractivity contribution is 7.12. The van der Waals surface area contributed by atoms with E-state index in [2.05, 4.69) is 0 Å². The zero-order chi connectivity index (χ0) is 13.1. The second-order valence-electron chi connectivity index (χ2n) is 3.35.